The number of benzene rings is 1. The zero-order valence-corrected chi connectivity index (χ0v) is 17.3. The third-order valence-electron chi connectivity index (χ3n) is 5.26. The average molecular weight is 441 g/mol. The van der Waals surface area contributed by atoms with E-state index in [0.29, 0.717) is 6.07 Å². The molecule has 1 fully saturated rings. The number of carbonyl (C=O) groups is 2. The van der Waals surface area contributed by atoms with Crippen LogP contribution in [0.25, 0.3) is 0 Å². The molecule has 3 rings (SSSR count). The van der Waals surface area contributed by atoms with E-state index in [4.69, 9.17) is 14.2 Å². The Morgan fingerprint density at radius 3 is 2.52 bits per heavy atom. The van der Waals surface area contributed by atoms with Crippen LogP contribution >= 0.6 is 0 Å². The molecule has 2 aliphatic rings. The number of nitrogens with one attached hydrogen (secondary N) is 1. The number of halogens is 3. The van der Waals surface area contributed by atoms with Crippen molar-refractivity contribution in [1.29, 1.82) is 0 Å². The van der Waals surface area contributed by atoms with Crippen LogP contribution in [0.5, 0.6) is 5.75 Å². The Morgan fingerprint density at radius 2 is 1.84 bits per heavy atom. The zero-order valence-electron chi connectivity index (χ0n) is 17.3. The van der Waals surface area contributed by atoms with Crippen molar-refractivity contribution in [2.24, 2.45) is 0 Å². The van der Waals surface area contributed by atoms with Crippen molar-refractivity contribution < 1.29 is 37.0 Å². The molecule has 1 heterocycles. The summed E-state index contributed by atoms with van der Waals surface area (Å²) in [5.74, 6) is -6.57. The molecule has 1 aliphatic heterocycles. The largest absolute Gasteiger partial charge is 0.463 e. The molecular weight excluding hydrogens is 415 g/mol. The number of ether oxygens (including phenoxy) is 3. The Balaban J connectivity index is 1.73. The average Bonchev–Trinajstić information content (AvgIpc) is 3.01. The van der Waals surface area contributed by atoms with Crippen molar-refractivity contribution >= 4 is 11.9 Å². The van der Waals surface area contributed by atoms with Crippen molar-refractivity contribution in [2.45, 2.75) is 70.3 Å². The Kier molecular flexibility index (Phi) is 7.95. The summed E-state index contributed by atoms with van der Waals surface area (Å²) in [6.45, 7) is 1.13. The minimum absolute atomic E-state index is 0.102. The second kappa shape index (κ2) is 10.7. The van der Waals surface area contributed by atoms with E-state index in [2.05, 4.69) is 5.32 Å². The van der Waals surface area contributed by atoms with E-state index in [1.807, 2.05) is 0 Å². The van der Waals surface area contributed by atoms with Crippen LogP contribution < -0.4 is 10.1 Å². The van der Waals surface area contributed by atoms with Gasteiger partial charge in [0.15, 0.2) is 17.4 Å². The van der Waals surface area contributed by atoms with E-state index < -0.39 is 53.0 Å². The predicted octanol–water partition coefficient (Wildman–Crippen LogP) is 4.17. The van der Waals surface area contributed by atoms with Gasteiger partial charge >= 0.3 is 5.97 Å². The van der Waals surface area contributed by atoms with E-state index in [1.165, 1.54) is 6.92 Å². The van der Waals surface area contributed by atoms with Crippen LogP contribution in [0.2, 0.25) is 0 Å². The number of hydrogen-bond acceptors (Lipinski definition) is 5. The van der Waals surface area contributed by atoms with E-state index in [1.54, 1.807) is 12.2 Å². The van der Waals surface area contributed by atoms with Crippen molar-refractivity contribution in [2.75, 3.05) is 6.61 Å². The van der Waals surface area contributed by atoms with Gasteiger partial charge in [-0.25, -0.2) is 8.78 Å². The zero-order chi connectivity index (χ0) is 22.4. The summed E-state index contributed by atoms with van der Waals surface area (Å²) in [7, 11) is 0. The molecule has 1 aromatic rings. The lowest BCUT2D eigenvalue weighted by Gasteiger charge is -2.26. The first-order valence-electron chi connectivity index (χ1n) is 10.5. The summed E-state index contributed by atoms with van der Waals surface area (Å²) in [6.07, 6.45) is 7.10. The molecule has 31 heavy (non-hydrogen) atoms. The van der Waals surface area contributed by atoms with Gasteiger partial charge in [-0.3, -0.25) is 9.59 Å². The highest BCUT2D eigenvalue weighted by Gasteiger charge is 2.29. The quantitative estimate of drug-likeness (QED) is 0.311. The van der Waals surface area contributed by atoms with Gasteiger partial charge < -0.3 is 19.5 Å². The molecule has 170 valence electrons. The van der Waals surface area contributed by atoms with Gasteiger partial charge in [0.25, 0.3) is 5.91 Å². The first kappa shape index (κ1) is 23.1. The molecule has 2 atom stereocenters. The highest BCUT2D eigenvalue weighted by atomic mass is 19.2. The fourth-order valence-electron chi connectivity index (χ4n) is 3.68. The molecule has 1 aliphatic carbocycles. The minimum Gasteiger partial charge on any atom is -0.463 e. The summed E-state index contributed by atoms with van der Waals surface area (Å²) in [6, 6.07) is 0.398. The van der Waals surface area contributed by atoms with Crippen LogP contribution in [0.15, 0.2) is 18.2 Å². The maximum absolute atomic E-state index is 15.0. The number of carbonyl (C=O) groups excluding carboxylic acids is 2. The van der Waals surface area contributed by atoms with Gasteiger partial charge in [0.2, 0.25) is 12.1 Å². The Labute approximate surface area is 178 Å². The molecule has 0 saturated heterocycles. The molecule has 1 N–H and O–H groups in total. The normalized spacial score (nSPS) is 21.9. The van der Waals surface area contributed by atoms with Gasteiger partial charge in [-0.1, -0.05) is 37.8 Å². The summed E-state index contributed by atoms with van der Waals surface area (Å²) >= 11 is 0. The highest BCUT2D eigenvalue weighted by molar-refractivity contribution is 5.95. The van der Waals surface area contributed by atoms with Crippen LogP contribution in [0.3, 0.4) is 0 Å². The van der Waals surface area contributed by atoms with Crippen LogP contribution in [-0.2, 0) is 14.3 Å². The third kappa shape index (κ3) is 6.22. The number of esters is 1. The molecule has 1 aromatic carbocycles. The standard InChI is InChI=1S/C22H26F3NO5/c1-13(27)29-12-15-9-6-10-18(30-15)31-21-19(24)16(11-17(23)20(21)25)22(28)26-14-7-4-2-3-5-8-14/h6,9,11,14-15,18H,2-5,7-8,10,12H2,1H3,(H,26,28). The first-order valence-corrected chi connectivity index (χ1v) is 10.5. The lowest BCUT2D eigenvalue weighted by Crippen LogP contribution is -2.35. The second-order valence-corrected chi connectivity index (χ2v) is 7.71. The van der Waals surface area contributed by atoms with E-state index in [9.17, 15) is 22.8 Å². The highest BCUT2D eigenvalue weighted by Crippen LogP contribution is 2.30. The first-order chi connectivity index (χ1) is 14.8. The second-order valence-electron chi connectivity index (χ2n) is 7.71. The van der Waals surface area contributed by atoms with E-state index >= 15 is 0 Å². The number of hydrogen-bond donors (Lipinski definition) is 1. The monoisotopic (exact) mass is 441 g/mol. The van der Waals surface area contributed by atoms with Crippen molar-refractivity contribution in [3.05, 3.63) is 41.2 Å². The van der Waals surface area contributed by atoms with E-state index in [-0.39, 0.29) is 19.1 Å². The summed E-state index contributed by atoms with van der Waals surface area (Å²) in [5, 5.41) is 2.71. The molecule has 9 heteroatoms. The summed E-state index contributed by atoms with van der Waals surface area (Å²) in [5.41, 5.74) is -0.624. The van der Waals surface area contributed by atoms with Crippen molar-refractivity contribution in [3.63, 3.8) is 0 Å². The van der Waals surface area contributed by atoms with Gasteiger partial charge in [-0.2, -0.15) is 4.39 Å². The topological polar surface area (TPSA) is 73.9 Å². The minimum atomic E-state index is -1.54. The molecule has 0 aromatic heterocycles. The smallest absolute Gasteiger partial charge is 0.302 e. The summed E-state index contributed by atoms with van der Waals surface area (Å²) < 4.78 is 59.0. The van der Waals surface area contributed by atoms with E-state index in [0.717, 1.165) is 38.5 Å². The van der Waals surface area contributed by atoms with Gasteiger partial charge in [0.1, 0.15) is 12.7 Å². The van der Waals surface area contributed by atoms with Gasteiger partial charge in [-0.15, -0.1) is 0 Å². The lowest BCUT2D eigenvalue weighted by molar-refractivity contribution is -0.154. The summed E-state index contributed by atoms with van der Waals surface area (Å²) in [4.78, 5) is 23.5. The molecule has 0 bridgehead atoms. The molecule has 0 radical (unpaired) electrons. The molecule has 1 saturated carbocycles. The molecule has 6 nitrogen and oxygen atoms in total. The predicted molar refractivity (Wildman–Crippen MR) is 105 cm³/mol. The van der Waals surface area contributed by atoms with Crippen LogP contribution in [-0.4, -0.2) is 36.9 Å². The maximum atomic E-state index is 15.0. The lowest BCUT2D eigenvalue weighted by atomic mass is 10.1. The SMILES string of the molecule is CC(=O)OCC1C=CCC(Oc2c(F)c(F)cc(C(=O)NC3CCCCCC3)c2F)O1. The Bertz CT molecular complexity index is 837. The molecule has 2 unspecified atom stereocenters. The molecular formula is C22H26F3NO5. The molecule has 0 spiro atoms. The Morgan fingerprint density at radius 1 is 1.13 bits per heavy atom. The maximum Gasteiger partial charge on any atom is 0.302 e. The fraction of sp³-hybridized carbons (Fsp3) is 0.545. The van der Waals surface area contributed by atoms with Crippen molar-refractivity contribution in [1.82, 2.24) is 5.32 Å². The van der Waals surface area contributed by atoms with Crippen molar-refractivity contribution in [3.8, 4) is 5.75 Å². The number of rotatable bonds is 6. The van der Waals surface area contributed by atoms with Crippen LogP contribution in [0, 0.1) is 17.5 Å². The van der Waals surface area contributed by atoms with Gasteiger partial charge in [-0.05, 0) is 18.9 Å². The van der Waals surface area contributed by atoms with Crippen LogP contribution in [0.1, 0.15) is 62.2 Å². The van der Waals surface area contributed by atoms with Gasteiger partial charge in [0.05, 0.1) is 5.56 Å². The van der Waals surface area contributed by atoms with Crippen LogP contribution in [0.4, 0.5) is 13.2 Å². The number of amides is 1. The van der Waals surface area contributed by atoms with Gasteiger partial charge in [0, 0.05) is 19.4 Å². The molecule has 1 amide bonds. The Hall–Kier alpha value is -2.55. The third-order valence-corrected chi connectivity index (χ3v) is 5.26. The fourth-order valence-corrected chi connectivity index (χ4v) is 3.68.